The lowest BCUT2D eigenvalue weighted by Crippen LogP contribution is -2.26. The Morgan fingerprint density at radius 2 is 2.29 bits per heavy atom. The molecule has 2 heterocycles. The van der Waals surface area contributed by atoms with Gasteiger partial charge in [-0.05, 0) is 37.7 Å². The van der Waals surface area contributed by atoms with Gasteiger partial charge in [0, 0.05) is 41.5 Å². The summed E-state index contributed by atoms with van der Waals surface area (Å²) in [6.45, 7) is 4.29. The molecule has 0 spiro atoms. The van der Waals surface area contributed by atoms with Crippen molar-refractivity contribution in [3.8, 4) is 0 Å². The number of fused-ring (bicyclic) bond motifs is 1. The third-order valence-electron chi connectivity index (χ3n) is 3.72. The Morgan fingerprint density at radius 3 is 3.00 bits per heavy atom. The third kappa shape index (κ3) is 5.22. The number of carbonyl (C=O) groups excluding carboxylic acids is 1. The second kappa shape index (κ2) is 9.25. The summed E-state index contributed by atoms with van der Waals surface area (Å²) >= 11 is 5.62. The van der Waals surface area contributed by atoms with Crippen molar-refractivity contribution >= 4 is 29.8 Å². The van der Waals surface area contributed by atoms with Gasteiger partial charge >= 0.3 is 0 Å². The molecule has 3 rings (SSSR count). The maximum absolute atomic E-state index is 9.93. The smallest absolute Gasteiger partial charge is 0.211 e. The Morgan fingerprint density at radius 1 is 1.46 bits per heavy atom. The summed E-state index contributed by atoms with van der Waals surface area (Å²) in [6.07, 6.45) is 7.06. The molecule has 0 fully saturated rings. The van der Waals surface area contributed by atoms with Crippen molar-refractivity contribution in [1.82, 2.24) is 15.1 Å². The lowest BCUT2D eigenvalue weighted by atomic mass is 10.1. The van der Waals surface area contributed by atoms with Gasteiger partial charge in [0.2, 0.25) is 6.41 Å². The molecule has 1 aromatic heterocycles. The van der Waals surface area contributed by atoms with Crippen LogP contribution in [-0.2, 0) is 17.8 Å². The van der Waals surface area contributed by atoms with Gasteiger partial charge in [-0.25, -0.2) is 0 Å². The highest BCUT2D eigenvalue weighted by Crippen LogP contribution is 2.20. The van der Waals surface area contributed by atoms with E-state index in [0.29, 0.717) is 17.1 Å². The quantitative estimate of drug-likeness (QED) is 0.829. The van der Waals surface area contributed by atoms with Crippen LogP contribution in [0.15, 0.2) is 30.3 Å². The van der Waals surface area contributed by atoms with Crippen molar-refractivity contribution < 1.29 is 4.79 Å². The van der Waals surface area contributed by atoms with Crippen molar-refractivity contribution in [3.63, 3.8) is 0 Å². The first kappa shape index (κ1) is 18.2. The van der Waals surface area contributed by atoms with E-state index in [-0.39, 0.29) is 0 Å². The zero-order valence-electron chi connectivity index (χ0n) is 14.1. The Labute approximate surface area is 147 Å². The molecule has 1 aliphatic heterocycles. The molecule has 128 valence electrons. The summed E-state index contributed by atoms with van der Waals surface area (Å²) in [4.78, 5) is 12.3. The van der Waals surface area contributed by atoms with E-state index in [2.05, 4.69) is 46.5 Å². The fourth-order valence-electron chi connectivity index (χ4n) is 2.47. The van der Waals surface area contributed by atoms with Crippen LogP contribution in [0.3, 0.4) is 0 Å². The van der Waals surface area contributed by atoms with Crippen molar-refractivity contribution in [2.75, 3.05) is 18.9 Å². The van der Waals surface area contributed by atoms with Gasteiger partial charge in [-0.15, -0.1) is 0 Å². The number of H-pyrrole nitrogens is 1. The minimum Gasteiger partial charge on any atom is -0.329 e. The Kier molecular flexibility index (Phi) is 7.03. The fraction of sp³-hybridized carbons (Fsp3) is 0.333. The van der Waals surface area contributed by atoms with Gasteiger partial charge in [0.15, 0.2) is 0 Å². The first-order chi connectivity index (χ1) is 11.6. The SMILES string of the molecule is CC/C=C/c1n[nH]c2c1CN(C)CC2.O=CNc1cccc(Cl)c1. The van der Waals surface area contributed by atoms with Crippen LogP contribution in [0.2, 0.25) is 5.02 Å². The normalized spacial score (nSPS) is 14.0. The van der Waals surface area contributed by atoms with Crippen LogP contribution < -0.4 is 5.32 Å². The molecule has 0 aliphatic carbocycles. The maximum atomic E-state index is 9.93. The number of nitrogens with one attached hydrogen (secondary N) is 2. The van der Waals surface area contributed by atoms with E-state index >= 15 is 0 Å². The number of rotatable bonds is 4. The predicted molar refractivity (Wildman–Crippen MR) is 99.1 cm³/mol. The molecule has 1 aliphatic rings. The van der Waals surface area contributed by atoms with E-state index in [1.807, 2.05) is 0 Å². The number of halogens is 1. The maximum Gasteiger partial charge on any atom is 0.211 e. The van der Waals surface area contributed by atoms with Crippen LogP contribution in [0.4, 0.5) is 5.69 Å². The van der Waals surface area contributed by atoms with Gasteiger partial charge < -0.3 is 10.2 Å². The monoisotopic (exact) mass is 346 g/mol. The highest BCUT2D eigenvalue weighted by Gasteiger charge is 2.17. The van der Waals surface area contributed by atoms with E-state index in [1.54, 1.807) is 24.3 Å². The van der Waals surface area contributed by atoms with Gasteiger partial charge in [0.25, 0.3) is 0 Å². The Balaban J connectivity index is 0.000000185. The lowest BCUT2D eigenvalue weighted by molar-refractivity contribution is -0.105. The largest absolute Gasteiger partial charge is 0.329 e. The van der Waals surface area contributed by atoms with Gasteiger partial charge in [-0.1, -0.05) is 30.7 Å². The number of amides is 1. The number of likely N-dealkylation sites (N-methyl/N-ethyl adjacent to an activating group) is 1. The van der Waals surface area contributed by atoms with E-state index in [4.69, 9.17) is 11.6 Å². The Bertz CT molecular complexity index is 696. The number of hydrogen-bond acceptors (Lipinski definition) is 3. The summed E-state index contributed by atoms with van der Waals surface area (Å²) in [7, 11) is 2.16. The summed E-state index contributed by atoms with van der Waals surface area (Å²) < 4.78 is 0. The highest BCUT2D eigenvalue weighted by molar-refractivity contribution is 6.30. The van der Waals surface area contributed by atoms with Crippen LogP contribution in [0.5, 0.6) is 0 Å². The first-order valence-corrected chi connectivity index (χ1v) is 8.38. The second-order valence-corrected chi connectivity index (χ2v) is 6.07. The van der Waals surface area contributed by atoms with Gasteiger partial charge in [0.05, 0.1) is 5.69 Å². The topological polar surface area (TPSA) is 61.0 Å². The van der Waals surface area contributed by atoms with Crippen molar-refractivity contribution in [1.29, 1.82) is 0 Å². The standard InChI is InChI=1S/C11H17N3.C7H6ClNO/c1-3-4-5-10-9-8-14(2)7-6-11(9)13-12-10;8-6-2-1-3-7(4-6)9-5-10/h4-5H,3,6-8H2,1-2H3,(H,12,13);1-5H,(H,9,10)/b5-4+;. The molecule has 0 atom stereocenters. The second-order valence-electron chi connectivity index (χ2n) is 5.64. The number of hydrogen-bond donors (Lipinski definition) is 2. The van der Waals surface area contributed by atoms with Crippen LogP contribution in [0, 0.1) is 0 Å². The molecule has 2 N–H and O–H groups in total. The third-order valence-corrected chi connectivity index (χ3v) is 3.95. The van der Waals surface area contributed by atoms with Gasteiger partial charge in [-0.2, -0.15) is 5.10 Å². The molecule has 24 heavy (non-hydrogen) atoms. The molecule has 0 saturated heterocycles. The summed E-state index contributed by atoms with van der Waals surface area (Å²) in [5, 5.41) is 10.6. The lowest BCUT2D eigenvalue weighted by Gasteiger charge is -2.21. The van der Waals surface area contributed by atoms with Crippen LogP contribution in [0.1, 0.15) is 30.3 Å². The first-order valence-electron chi connectivity index (χ1n) is 8.01. The number of nitrogens with zero attached hydrogens (tertiary/aromatic N) is 2. The number of aromatic nitrogens is 2. The molecule has 6 heteroatoms. The molecule has 0 unspecified atom stereocenters. The minimum atomic E-state index is 0.617. The summed E-state index contributed by atoms with van der Waals surface area (Å²) in [5.41, 5.74) is 4.53. The highest BCUT2D eigenvalue weighted by atomic mass is 35.5. The van der Waals surface area contributed by atoms with Crippen molar-refractivity contribution in [2.24, 2.45) is 0 Å². The molecule has 1 aromatic carbocycles. The van der Waals surface area contributed by atoms with Crippen LogP contribution >= 0.6 is 11.6 Å². The molecule has 0 bridgehead atoms. The zero-order chi connectivity index (χ0) is 17.4. The van der Waals surface area contributed by atoms with Gasteiger partial charge in [0.1, 0.15) is 0 Å². The fourth-order valence-corrected chi connectivity index (χ4v) is 2.66. The Hall–Kier alpha value is -2.11. The van der Waals surface area contributed by atoms with Gasteiger partial charge in [-0.3, -0.25) is 9.89 Å². The molecule has 0 saturated carbocycles. The number of allylic oxidation sites excluding steroid dienone is 1. The number of aromatic amines is 1. The molecular formula is C18H23ClN4O. The zero-order valence-corrected chi connectivity index (χ0v) is 14.8. The van der Waals surface area contributed by atoms with E-state index in [9.17, 15) is 4.79 Å². The molecule has 0 radical (unpaired) electrons. The summed E-state index contributed by atoms with van der Waals surface area (Å²) in [5.74, 6) is 0. The number of benzene rings is 1. The summed E-state index contributed by atoms with van der Waals surface area (Å²) in [6, 6.07) is 6.96. The molecular weight excluding hydrogens is 324 g/mol. The van der Waals surface area contributed by atoms with Crippen molar-refractivity contribution in [2.45, 2.75) is 26.3 Å². The van der Waals surface area contributed by atoms with Crippen molar-refractivity contribution in [3.05, 3.63) is 52.3 Å². The van der Waals surface area contributed by atoms with E-state index < -0.39 is 0 Å². The number of carbonyl (C=O) groups is 1. The average molecular weight is 347 g/mol. The van der Waals surface area contributed by atoms with E-state index in [1.165, 1.54) is 11.3 Å². The van der Waals surface area contributed by atoms with Crippen LogP contribution in [0.25, 0.3) is 6.08 Å². The molecule has 5 nitrogen and oxygen atoms in total. The van der Waals surface area contributed by atoms with E-state index in [0.717, 1.165) is 31.6 Å². The van der Waals surface area contributed by atoms with Crippen LogP contribution in [-0.4, -0.2) is 35.1 Å². The average Bonchev–Trinajstić information content (AvgIpc) is 2.96. The minimum absolute atomic E-state index is 0.617. The molecule has 2 aromatic rings. The molecule has 1 amide bonds. The predicted octanol–water partition coefficient (Wildman–Crippen LogP) is 3.73. The number of anilines is 1.